The third-order valence-electron chi connectivity index (χ3n) is 3.57. The Kier molecular flexibility index (Phi) is 3.64. The van der Waals surface area contributed by atoms with E-state index in [0.29, 0.717) is 0 Å². The highest BCUT2D eigenvalue weighted by Gasteiger charge is 2.35. The molecule has 1 saturated carbocycles. The van der Waals surface area contributed by atoms with Crippen molar-refractivity contribution >= 4 is 16.0 Å². The lowest BCUT2D eigenvalue weighted by Gasteiger charge is -2.23. The minimum Gasteiger partial charge on any atom is -0.476 e. The summed E-state index contributed by atoms with van der Waals surface area (Å²) in [6.07, 6.45) is 3.63. The largest absolute Gasteiger partial charge is 0.476 e. The van der Waals surface area contributed by atoms with Gasteiger partial charge in [0.15, 0.2) is 5.69 Å². The predicted octanol–water partition coefficient (Wildman–Crippen LogP) is 0.979. The standard InChI is InChI=1S/C11H17N3O4S/c1-7-10(9(11(15)16)13-12-7)19(17,18)14(2)8-5-3-4-6-8/h8H,3-6H2,1-2H3,(H,12,13)(H,15,16). The Labute approximate surface area is 111 Å². The third kappa shape index (κ3) is 2.37. The van der Waals surface area contributed by atoms with Gasteiger partial charge in [0.05, 0.1) is 5.69 Å². The van der Waals surface area contributed by atoms with Crippen LogP contribution in [0.2, 0.25) is 0 Å². The van der Waals surface area contributed by atoms with Crippen molar-refractivity contribution in [3.8, 4) is 0 Å². The summed E-state index contributed by atoms with van der Waals surface area (Å²) in [5.41, 5.74) is -0.190. The summed E-state index contributed by atoms with van der Waals surface area (Å²) >= 11 is 0. The van der Waals surface area contributed by atoms with E-state index in [1.807, 2.05) is 0 Å². The summed E-state index contributed by atoms with van der Waals surface area (Å²) in [6.45, 7) is 1.51. The van der Waals surface area contributed by atoms with E-state index in [9.17, 15) is 13.2 Å². The van der Waals surface area contributed by atoms with Crippen LogP contribution in [0.3, 0.4) is 0 Å². The summed E-state index contributed by atoms with van der Waals surface area (Å²) in [6, 6.07) is -0.0547. The van der Waals surface area contributed by atoms with Crippen LogP contribution in [0, 0.1) is 6.92 Å². The first kappa shape index (κ1) is 14.0. The van der Waals surface area contributed by atoms with Crippen molar-refractivity contribution < 1.29 is 18.3 Å². The van der Waals surface area contributed by atoms with Gasteiger partial charge in [0.1, 0.15) is 4.90 Å². The predicted molar refractivity (Wildman–Crippen MR) is 67.5 cm³/mol. The number of aromatic carboxylic acids is 1. The van der Waals surface area contributed by atoms with Gasteiger partial charge < -0.3 is 5.11 Å². The molecule has 0 aliphatic heterocycles. The fourth-order valence-corrected chi connectivity index (χ4v) is 4.19. The van der Waals surface area contributed by atoms with Gasteiger partial charge in [0.25, 0.3) is 0 Å². The van der Waals surface area contributed by atoms with Crippen LogP contribution in [0.5, 0.6) is 0 Å². The monoisotopic (exact) mass is 287 g/mol. The Hall–Kier alpha value is -1.41. The highest BCUT2D eigenvalue weighted by molar-refractivity contribution is 7.89. The minimum absolute atomic E-state index is 0.0547. The molecule has 1 heterocycles. The summed E-state index contributed by atoms with van der Waals surface area (Å²) < 4.78 is 26.3. The lowest BCUT2D eigenvalue weighted by Crippen LogP contribution is -2.36. The van der Waals surface area contributed by atoms with E-state index in [0.717, 1.165) is 25.7 Å². The van der Waals surface area contributed by atoms with E-state index in [4.69, 9.17) is 5.11 Å². The fraction of sp³-hybridized carbons (Fsp3) is 0.636. The molecular weight excluding hydrogens is 270 g/mol. The van der Waals surface area contributed by atoms with Crippen molar-refractivity contribution in [2.75, 3.05) is 7.05 Å². The van der Waals surface area contributed by atoms with Gasteiger partial charge in [-0.25, -0.2) is 13.2 Å². The molecule has 0 unspecified atom stereocenters. The molecule has 0 bridgehead atoms. The summed E-state index contributed by atoms with van der Waals surface area (Å²) in [5.74, 6) is -1.34. The number of carbonyl (C=O) groups is 1. The second-order valence-electron chi connectivity index (χ2n) is 4.79. The number of carboxylic acid groups (broad SMARTS) is 1. The number of H-pyrrole nitrogens is 1. The lowest BCUT2D eigenvalue weighted by atomic mass is 10.3. The normalized spacial score (nSPS) is 17.2. The van der Waals surface area contributed by atoms with Crippen molar-refractivity contribution in [3.05, 3.63) is 11.4 Å². The highest BCUT2D eigenvalue weighted by atomic mass is 32.2. The van der Waals surface area contributed by atoms with Gasteiger partial charge in [-0.05, 0) is 19.8 Å². The van der Waals surface area contributed by atoms with E-state index in [1.54, 1.807) is 0 Å². The number of aromatic nitrogens is 2. The first-order chi connectivity index (χ1) is 8.85. The number of aryl methyl sites for hydroxylation is 1. The zero-order valence-corrected chi connectivity index (χ0v) is 11.7. The first-order valence-corrected chi connectivity index (χ1v) is 7.56. The number of aromatic amines is 1. The molecule has 1 aliphatic rings. The molecule has 106 valence electrons. The summed E-state index contributed by atoms with van der Waals surface area (Å²) in [7, 11) is -2.32. The Morgan fingerprint density at radius 2 is 2.00 bits per heavy atom. The Morgan fingerprint density at radius 1 is 1.42 bits per heavy atom. The molecule has 0 aromatic carbocycles. The Bertz CT molecular complexity index is 587. The summed E-state index contributed by atoms with van der Waals surface area (Å²) in [4.78, 5) is 10.8. The number of hydrogen-bond acceptors (Lipinski definition) is 4. The maximum Gasteiger partial charge on any atom is 0.357 e. The topological polar surface area (TPSA) is 103 Å². The molecule has 7 nitrogen and oxygen atoms in total. The average molecular weight is 287 g/mol. The van der Waals surface area contributed by atoms with Gasteiger partial charge >= 0.3 is 5.97 Å². The second kappa shape index (κ2) is 4.93. The van der Waals surface area contributed by atoms with Crippen LogP contribution >= 0.6 is 0 Å². The first-order valence-electron chi connectivity index (χ1n) is 6.12. The van der Waals surface area contributed by atoms with Crippen molar-refractivity contribution in [3.63, 3.8) is 0 Å². The maximum absolute atomic E-state index is 12.5. The molecular formula is C11H17N3O4S. The van der Waals surface area contributed by atoms with Crippen LogP contribution in [-0.2, 0) is 10.0 Å². The molecule has 1 aromatic heterocycles. The molecule has 0 atom stereocenters. The van der Waals surface area contributed by atoms with Gasteiger partial charge in [-0.1, -0.05) is 12.8 Å². The van der Waals surface area contributed by atoms with E-state index in [-0.39, 0.29) is 16.6 Å². The van der Waals surface area contributed by atoms with Crippen LogP contribution in [0.4, 0.5) is 0 Å². The quantitative estimate of drug-likeness (QED) is 0.859. The zero-order valence-electron chi connectivity index (χ0n) is 10.9. The molecule has 0 saturated heterocycles. The lowest BCUT2D eigenvalue weighted by molar-refractivity contribution is 0.0686. The maximum atomic E-state index is 12.5. The number of sulfonamides is 1. The van der Waals surface area contributed by atoms with Crippen molar-refractivity contribution in [2.45, 2.75) is 43.5 Å². The molecule has 0 spiro atoms. The van der Waals surface area contributed by atoms with Gasteiger partial charge in [0, 0.05) is 13.1 Å². The molecule has 1 aromatic rings. The Morgan fingerprint density at radius 3 is 2.53 bits per heavy atom. The zero-order chi connectivity index (χ0) is 14.2. The number of rotatable bonds is 4. The smallest absolute Gasteiger partial charge is 0.357 e. The average Bonchev–Trinajstić information content (AvgIpc) is 2.96. The van der Waals surface area contributed by atoms with E-state index < -0.39 is 21.7 Å². The van der Waals surface area contributed by atoms with Crippen molar-refractivity contribution in [1.29, 1.82) is 0 Å². The number of nitrogens with zero attached hydrogens (tertiary/aromatic N) is 2. The van der Waals surface area contributed by atoms with Crippen LogP contribution in [0.1, 0.15) is 41.9 Å². The van der Waals surface area contributed by atoms with Crippen molar-refractivity contribution in [2.24, 2.45) is 0 Å². The molecule has 0 radical (unpaired) electrons. The molecule has 8 heteroatoms. The minimum atomic E-state index is -3.83. The van der Waals surface area contributed by atoms with E-state index >= 15 is 0 Å². The van der Waals surface area contributed by atoms with Crippen LogP contribution in [0.15, 0.2) is 4.90 Å². The molecule has 2 N–H and O–H groups in total. The van der Waals surface area contributed by atoms with Crippen molar-refractivity contribution in [1.82, 2.24) is 14.5 Å². The number of hydrogen-bond donors (Lipinski definition) is 2. The third-order valence-corrected chi connectivity index (χ3v) is 5.64. The van der Waals surface area contributed by atoms with Gasteiger partial charge in [0.2, 0.25) is 10.0 Å². The summed E-state index contributed by atoms with van der Waals surface area (Å²) in [5, 5.41) is 15.0. The van der Waals surface area contributed by atoms with Gasteiger partial charge in [-0.2, -0.15) is 9.40 Å². The van der Waals surface area contributed by atoms with E-state index in [2.05, 4.69) is 10.2 Å². The number of carboxylic acids is 1. The van der Waals surface area contributed by atoms with E-state index in [1.165, 1.54) is 18.3 Å². The fourth-order valence-electron chi connectivity index (χ4n) is 2.49. The molecule has 19 heavy (non-hydrogen) atoms. The van der Waals surface area contributed by atoms with Gasteiger partial charge in [-0.3, -0.25) is 5.10 Å². The second-order valence-corrected chi connectivity index (χ2v) is 6.73. The number of nitrogens with one attached hydrogen (secondary N) is 1. The molecule has 2 rings (SSSR count). The molecule has 1 aliphatic carbocycles. The van der Waals surface area contributed by atoms with Gasteiger partial charge in [-0.15, -0.1) is 0 Å². The Balaban J connectivity index is 2.44. The highest BCUT2D eigenvalue weighted by Crippen LogP contribution is 2.29. The SMILES string of the molecule is Cc1[nH]nc(C(=O)O)c1S(=O)(=O)N(C)C1CCCC1. The van der Waals surface area contributed by atoms with Crippen LogP contribution in [-0.4, -0.2) is 47.1 Å². The van der Waals surface area contributed by atoms with Crippen LogP contribution in [0.25, 0.3) is 0 Å². The molecule has 0 amide bonds. The molecule has 1 fully saturated rings. The van der Waals surface area contributed by atoms with Crippen LogP contribution < -0.4 is 0 Å².